The lowest BCUT2D eigenvalue weighted by Gasteiger charge is -2.11. The van der Waals surface area contributed by atoms with Crippen LogP contribution in [0.4, 0.5) is 11.5 Å². The Kier molecular flexibility index (Phi) is 3.77. The topological polar surface area (TPSA) is 48.7 Å². The smallest absolute Gasteiger partial charge is 0.148 e. The van der Waals surface area contributed by atoms with Crippen LogP contribution in [0.15, 0.2) is 33.2 Å². The Morgan fingerprint density at radius 1 is 1.20 bits per heavy atom. The molecule has 1 heterocycles. The second-order valence-corrected chi connectivity index (χ2v) is 6.47. The minimum atomic E-state index is 0.595. The number of aromatic nitrogens is 1. The first-order valence-electron chi connectivity index (χ1n) is 6.32. The Labute approximate surface area is 134 Å². The summed E-state index contributed by atoms with van der Waals surface area (Å²) in [4.78, 5) is 4.62. The monoisotopic (exact) mass is 391 g/mol. The van der Waals surface area contributed by atoms with Crippen LogP contribution in [0.25, 0.3) is 0 Å². The predicted octanol–water partition coefficient (Wildman–Crippen LogP) is 4.71. The highest BCUT2D eigenvalue weighted by Crippen LogP contribution is 2.31. The number of rotatable bonds is 2. The first-order valence-corrected chi connectivity index (χ1v) is 7.91. The number of aryl methyl sites for hydroxylation is 2. The van der Waals surface area contributed by atoms with Gasteiger partial charge in [0.2, 0.25) is 0 Å². The van der Waals surface area contributed by atoms with Crippen molar-refractivity contribution in [2.75, 3.05) is 5.32 Å². The Hall–Kier alpha value is -1.38. The van der Waals surface area contributed by atoms with Crippen molar-refractivity contribution in [1.29, 1.82) is 5.26 Å². The molecule has 0 fully saturated rings. The van der Waals surface area contributed by atoms with Crippen LogP contribution in [-0.2, 0) is 12.8 Å². The molecular weight excluding hydrogens is 382 g/mol. The second kappa shape index (κ2) is 5.55. The van der Waals surface area contributed by atoms with Crippen LogP contribution in [0.3, 0.4) is 0 Å². The first kappa shape index (κ1) is 13.6. The molecule has 0 bridgehead atoms. The molecule has 3 nitrogen and oxygen atoms in total. The third kappa shape index (κ3) is 2.58. The van der Waals surface area contributed by atoms with Crippen LogP contribution in [0, 0.1) is 11.3 Å². The van der Waals surface area contributed by atoms with E-state index in [-0.39, 0.29) is 0 Å². The number of nitriles is 1. The zero-order valence-corrected chi connectivity index (χ0v) is 13.8. The standard InChI is InChI=1S/C15H11Br2N3/c16-11-4-5-12(17)14(7-11)20-15-10(8-18)6-9-2-1-3-13(9)19-15/h4-7H,1-3H2,(H,19,20). The molecule has 0 radical (unpaired) electrons. The Morgan fingerprint density at radius 3 is 2.85 bits per heavy atom. The van der Waals surface area contributed by atoms with Crippen LogP contribution in [0.1, 0.15) is 23.2 Å². The van der Waals surface area contributed by atoms with E-state index in [1.54, 1.807) is 0 Å². The van der Waals surface area contributed by atoms with Gasteiger partial charge in [0.25, 0.3) is 0 Å². The van der Waals surface area contributed by atoms with E-state index in [0.29, 0.717) is 11.4 Å². The number of hydrogen-bond donors (Lipinski definition) is 1. The molecule has 2 aromatic rings. The summed E-state index contributed by atoms with van der Waals surface area (Å²) < 4.78 is 1.91. The van der Waals surface area contributed by atoms with E-state index in [4.69, 9.17) is 0 Å². The number of hydrogen-bond acceptors (Lipinski definition) is 3. The van der Waals surface area contributed by atoms with Crippen LogP contribution in [0.2, 0.25) is 0 Å². The molecule has 1 aliphatic rings. The van der Waals surface area contributed by atoms with Crippen LogP contribution < -0.4 is 5.32 Å². The van der Waals surface area contributed by atoms with Gasteiger partial charge < -0.3 is 5.32 Å². The highest BCUT2D eigenvalue weighted by atomic mass is 79.9. The maximum Gasteiger partial charge on any atom is 0.148 e. The van der Waals surface area contributed by atoms with Gasteiger partial charge in [0.1, 0.15) is 11.9 Å². The summed E-state index contributed by atoms with van der Waals surface area (Å²) in [6, 6.07) is 10.1. The van der Waals surface area contributed by atoms with Gasteiger partial charge in [-0.2, -0.15) is 5.26 Å². The quantitative estimate of drug-likeness (QED) is 0.804. The van der Waals surface area contributed by atoms with Crippen molar-refractivity contribution in [2.45, 2.75) is 19.3 Å². The fourth-order valence-corrected chi connectivity index (χ4v) is 3.08. The maximum atomic E-state index is 9.30. The van der Waals surface area contributed by atoms with E-state index in [9.17, 15) is 5.26 Å². The van der Waals surface area contributed by atoms with Crippen LogP contribution in [-0.4, -0.2) is 4.98 Å². The fourth-order valence-electron chi connectivity index (χ4n) is 2.37. The largest absolute Gasteiger partial charge is 0.338 e. The molecule has 1 N–H and O–H groups in total. The van der Waals surface area contributed by atoms with Crippen molar-refractivity contribution in [2.24, 2.45) is 0 Å². The van der Waals surface area contributed by atoms with Gasteiger partial charge in [-0.1, -0.05) is 15.9 Å². The lowest BCUT2D eigenvalue weighted by molar-refractivity contribution is 0.900. The van der Waals surface area contributed by atoms with Crippen molar-refractivity contribution in [3.63, 3.8) is 0 Å². The average molecular weight is 393 g/mol. The summed E-state index contributed by atoms with van der Waals surface area (Å²) in [5.41, 5.74) is 3.80. The first-order chi connectivity index (χ1) is 9.67. The van der Waals surface area contributed by atoms with Gasteiger partial charge in [0.15, 0.2) is 0 Å². The van der Waals surface area contributed by atoms with Crippen LogP contribution in [0.5, 0.6) is 0 Å². The molecule has 3 rings (SSSR count). The zero-order chi connectivity index (χ0) is 14.1. The molecule has 1 aromatic carbocycles. The average Bonchev–Trinajstić information content (AvgIpc) is 2.89. The number of anilines is 2. The molecule has 0 saturated carbocycles. The number of benzene rings is 1. The van der Waals surface area contributed by atoms with Crippen molar-refractivity contribution in [3.05, 3.63) is 50.0 Å². The molecule has 0 unspecified atom stereocenters. The molecule has 0 saturated heterocycles. The van der Waals surface area contributed by atoms with Crippen molar-refractivity contribution >= 4 is 43.4 Å². The van der Waals surface area contributed by atoms with Gasteiger partial charge in [-0.25, -0.2) is 4.98 Å². The van der Waals surface area contributed by atoms with E-state index in [1.807, 2.05) is 24.3 Å². The van der Waals surface area contributed by atoms with Gasteiger partial charge in [0, 0.05) is 14.6 Å². The normalized spacial score (nSPS) is 12.8. The minimum absolute atomic E-state index is 0.595. The van der Waals surface area contributed by atoms with E-state index in [1.165, 1.54) is 5.56 Å². The molecule has 0 amide bonds. The molecule has 1 aliphatic carbocycles. The lowest BCUT2D eigenvalue weighted by atomic mass is 10.1. The third-order valence-electron chi connectivity index (χ3n) is 3.35. The van der Waals surface area contributed by atoms with E-state index in [0.717, 1.165) is 39.6 Å². The molecule has 0 aliphatic heterocycles. The van der Waals surface area contributed by atoms with Gasteiger partial charge in [-0.05, 0) is 65.0 Å². The Balaban J connectivity index is 2.02. The van der Waals surface area contributed by atoms with Crippen molar-refractivity contribution < 1.29 is 0 Å². The zero-order valence-electron chi connectivity index (χ0n) is 10.6. The fraction of sp³-hybridized carbons (Fsp3) is 0.200. The van der Waals surface area contributed by atoms with Gasteiger partial charge in [0.05, 0.1) is 11.3 Å². The van der Waals surface area contributed by atoms with E-state index in [2.05, 4.69) is 48.2 Å². The van der Waals surface area contributed by atoms with Gasteiger partial charge in [-0.3, -0.25) is 0 Å². The summed E-state index contributed by atoms with van der Waals surface area (Å²) in [5.74, 6) is 0.631. The third-order valence-corrected chi connectivity index (χ3v) is 4.54. The molecule has 5 heteroatoms. The predicted molar refractivity (Wildman–Crippen MR) is 86.1 cm³/mol. The molecule has 1 aromatic heterocycles. The van der Waals surface area contributed by atoms with Gasteiger partial charge in [-0.15, -0.1) is 0 Å². The Bertz CT molecular complexity index is 720. The minimum Gasteiger partial charge on any atom is -0.338 e. The number of nitrogens with one attached hydrogen (secondary N) is 1. The van der Waals surface area contributed by atoms with E-state index < -0.39 is 0 Å². The summed E-state index contributed by atoms with van der Waals surface area (Å²) in [6.07, 6.45) is 3.14. The number of fused-ring (bicyclic) bond motifs is 1. The van der Waals surface area contributed by atoms with E-state index >= 15 is 0 Å². The number of halogens is 2. The molecule has 20 heavy (non-hydrogen) atoms. The molecule has 100 valence electrons. The lowest BCUT2D eigenvalue weighted by Crippen LogP contribution is -2.01. The van der Waals surface area contributed by atoms with Crippen molar-refractivity contribution in [1.82, 2.24) is 4.98 Å². The highest BCUT2D eigenvalue weighted by Gasteiger charge is 2.17. The summed E-state index contributed by atoms with van der Waals surface area (Å²) in [7, 11) is 0. The van der Waals surface area contributed by atoms with Crippen molar-refractivity contribution in [3.8, 4) is 6.07 Å². The van der Waals surface area contributed by atoms with Gasteiger partial charge >= 0.3 is 0 Å². The summed E-state index contributed by atoms with van der Waals surface area (Å²) in [5, 5.41) is 12.6. The molecular formula is C15H11Br2N3. The summed E-state index contributed by atoms with van der Waals surface area (Å²) in [6.45, 7) is 0. The number of pyridine rings is 1. The maximum absolute atomic E-state index is 9.30. The molecule has 0 spiro atoms. The SMILES string of the molecule is N#Cc1cc2c(nc1Nc1cc(Br)ccc1Br)CCC2. The highest BCUT2D eigenvalue weighted by molar-refractivity contribution is 9.11. The summed E-state index contributed by atoms with van der Waals surface area (Å²) >= 11 is 6.95. The molecule has 0 atom stereocenters. The van der Waals surface area contributed by atoms with Crippen LogP contribution >= 0.6 is 31.9 Å². The number of nitrogens with zero attached hydrogens (tertiary/aromatic N) is 2. The second-order valence-electron chi connectivity index (χ2n) is 4.70. The Morgan fingerprint density at radius 2 is 2.05 bits per heavy atom.